The van der Waals surface area contributed by atoms with Crippen molar-refractivity contribution in [3.8, 4) is 0 Å². The fraction of sp³-hybridized carbons (Fsp3) is 0.333. The highest BCUT2D eigenvalue weighted by Gasteiger charge is 2.05. The van der Waals surface area contributed by atoms with E-state index >= 15 is 0 Å². The fourth-order valence-electron chi connectivity index (χ4n) is 1.11. The number of aliphatic hydroxyl groups is 1. The third-order valence-electron chi connectivity index (χ3n) is 1.67. The van der Waals surface area contributed by atoms with Crippen LogP contribution in [0.3, 0.4) is 0 Å². The Hall–Kier alpha value is -0.610. The van der Waals surface area contributed by atoms with E-state index in [0.29, 0.717) is 12.2 Å². The highest BCUT2D eigenvalue weighted by molar-refractivity contribution is 9.10. The number of benzene rings is 1. The van der Waals surface area contributed by atoms with Gasteiger partial charge in [-0.1, -0.05) is 15.9 Å². The zero-order chi connectivity index (χ0) is 9.84. The molecule has 2 nitrogen and oxygen atoms in total. The van der Waals surface area contributed by atoms with Gasteiger partial charge in [-0.25, -0.2) is 4.39 Å². The lowest BCUT2D eigenvalue weighted by Gasteiger charge is -2.09. The first-order valence-electron chi connectivity index (χ1n) is 3.95. The molecule has 0 heterocycles. The number of rotatable bonds is 3. The van der Waals surface area contributed by atoms with Crippen molar-refractivity contribution in [2.24, 2.45) is 0 Å². The van der Waals surface area contributed by atoms with Crippen molar-refractivity contribution >= 4 is 21.6 Å². The zero-order valence-electron chi connectivity index (χ0n) is 7.27. The van der Waals surface area contributed by atoms with Crippen molar-refractivity contribution in [2.45, 2.75) is 6.92 Å². The van der Waals surface area contributed by atoms with Crippen LogP contribution < -0.4 is 5.32 Å². The average Bonchev–Trinajstić information content (AvgIpc) is 2.02. The predicted molar refractivity (Wildman–Crippen MR) is 54.4 cm³/mol. The lowest BCUT2D eigenvalue weighted by molar-refractivity contribution is 0.311. The summed E-state index contributed by atoms with van der Waals surface area (Å²) in [5.74, 6) is -0.305. The highest BCUT2D eigenvalue weighted by Crippen LogP contribution is 2.23. The summed E-state index contributed by atoms with van der Waals surface area (Å²) >= 11 is 3.20. The summed E-state index contributed by atoms with van der Waals surface area (Å²) in [5, 5.41) is 11.4. The van der Waals surface area contributed by atoms with E-state index < -0.39 is 0 Å². The minimum absolute atomic E-state index is 0.00502. The topological polar surface area (TPSA) is 32.3 Å². The van der Waals surface area contributed by atoms with E-state index in [0.717, 1.165) is 10.0 Å². The number of aryl methyl sites for hydroxylation is 1. The molecule has 0 aliphatic heterocycles. The van der Waals surface area contributed by atoms with Crippen LogP contribution in [0, 0.1) is 12.7 Å². The molecule has 13 heavy (non-hydrogen) atoms. The maximum absolute atomic E-state index is 13.3. The molecule has 0 aliphatic carbocycles. The van der Waals surface area contributed by atoms with E-state index in [1.54, 1.807) is 0 Å². The first kappa shape index (κ1) is 10.5. The second kappa shape index (κ2) is 4.58. The van der Waals surface area contributed by atoms with Crippen LogP contribution in [0.15, 0.2) is 16.6 Å². The van der Waals surface area contributed by atoms with Crippen molar-refractivity contribution in [1.29, 1.82) is 0 Å². The molecule has 1 aromatic carbocycles. The van der Waals surface area contributed by atoms with E-state index in [4.69, 9.17) is 5.11 Å². The molecule has 4 heteroatoms. The minimum atomic E-state index is -0.305. The highest BCUT2D eigenvalue weighted by atomic mass is 79.9. The number of aliphatic hydroxyl groups excluding tert-OH is 1. The van der Waals surface area contributed by atoms with Crippen molar-refractivity contribution in [1.82, 2.24) is 0 Å². The lowest BCUT2D eigenvalue weighted by Crippen LogP contribution is -2.08. The second-order valence-electron chi connectivity index (χ2n) is 2.73. The molecule has 0 unspecified atom stereocenters. The fourth-order valence-corrected chi connectivity index (χ4v) is 1.65. The summed E-state index contributed by atoms with van der Waals surface area (Å²) in [6, 6.07) is 3.22. The van der Waals surface area contributed by atoms with Crippen LogP contribution in [0.5, 0.6) is 0 Å². The van der Waals surface area contributed by atoms with Crippen molar-refractivity contribution in [2.75, 3.05) is 18.5 Å². The number of halogens is 2. The summed E-state index contributed by atoms with van der Waals surface area (Å²) in [4.78, 5) is 0. The van der Waals surface area contributed by atoms with Gasteiger partial charge >= 0.3 is 0 Å². The Kier molecular flexibility index (Phi) is 3.69. The minimum Gasteiger partial charge on any atom is -0.395 e. The molecule has 0 bridgehead atoms. The Morgan fingerprint density at radius 1 is 1.54 bits per heavy atom. The molecule has 0 fully saturated rings. The molecular formula is C9H11BrFNO. The standard InChI is InChI=1S/C9H11BrFNO/c1-6-4-7(10)5-8(11)9(6)12-2-3-13/h4-5,12-13H,2-3H2,1H3. The Labute approximate surface area is 84.9 Å². The van der Waals surface area contributed by atoms with Crippen molar-refractivity contribution in [3.05, 3.63) is 28.0 Å². The van der Waals surface area contributed by atoms with Gasteiger partial charge in [0.05, 0.1) is 12.3 Å². The largest absolute Gasteiger partial charge is 0.395 e. The quantitative estimate of drug-likeness (QED) is 0.860. The van der Waals surface area contributed by atoms with Crippen LogP contribution in [-0.4, -0.2) is 18.3 Å². The molecule has 0 aliphatic rings. The molecule has 0 amide bonds. The van der Waals surface area contributed by atoms with Crippen LogP contribution in [0.2, 0.25) is 0 Å². The van der Waals surface area contributed by atoms with Gasteiger partial charge in [-0.05, 0) is 24.6 Å². The third kappa shape index (κ3) is 2.67. The van der Waals surface area contributed by atoms with E-state index in [-0.39, 0.29) is 12.4 Å². The van der Waals surface area contributed by atoms with Gasteiger partial charge in [0.15, 0.2) is 0 Å². The van der Waals surface area contributed by atoms with Crippen molar-refractivity contribution < 1.29 is 9.50 Å². The summed E-state index contributed by atoms with van der Waals surface area (Å²) in [6.45, 7) is 2.17. The SMILES string of the molecule is Cc1cc(Br)cc(F)c1NCCO. The van der Waals surface area contributed by atoms with Gasteiger partial charge < -0.3 is 10.4 Å². The predicted octanol–water partition coefficient (Wildman–Crippen LogP) is 2.30. The van der Waals surface area contributed by atoms with Gasteiger partial charge in [-0.15, -0.1) is 0 Å². The summed E-state index contributed by atoms with van der Waals surface area (Å²) in [7, 11) is 0. The number of anilines is 1. The molecule has 72 valence electrons. The Morgan fingerprint density at radius 2 is 2.23 bits per heavy atom. The van der Waals surface area contributed by atoms with Crippen LogP contribution >= 0.6 is 15.9 Å². The molecule has 0 aromatic heterocycles. The molecule has 0 atom stereocenters. The molecule has 0 saturated carbocycles. The second-order valence-corrected chi connectivity index (χ2v) is 3.65. The normalized spacial score (nSPS) is 10.2. The van der Waals surface area contributed by atoms with Gasteiger partial charge in [0, 0.05) is 11.0 Å². The van der Waals surface area contributed by atoms with Crippen LogP contribution in [0.1, 0.15) is 5.56 Å². The van der Waals surface area contributed by atoms with Crippen LogP contribution in [-0.2, 0) is 0 Å². The van der Waals surface area contributed by atoms with Gasteiger partial charge in [0.1, 0.15) is 5.82 Å². The third-order valence-corrected chi connectivity index (χ3v) is 2.12. The molecule has 1 rings (SSSR count). The number of hydrogen-bond acceptors (Lipinski definition) is 2. The van der Waals surface area contributed by atoms with Crippen LogP contribution in [0.4, 0.5) is 10.1 Å². The van der Waals surface area contributed by atoms with Gasteiger partial charge in [0.25, 0.3) is 0 Å². The lowest BCUT2D eigenvalue weighted by atomic mass is 10.2. The van der Waals surface area contributed by atoms with Gasteiger partial charge in [-0.2, -0.15) is 0 Å². The average molecular weight is 248 g/mol. The summed E-state index contributed by atoms with van der Waals surface area (Å²) in [6.07, 6.45) is 0. The van der Waals surface area contributed by atoms with E-state index in [1.165, 1.54) is 6.07 Å². The smallest absolute Gasteiger partial charge is 0.147 e. The van der Waals surface area contributed by atoms with E-state index in [9.17, 15) is 4.39 Å². The molecule has 0 spiro atoms. The molecule has 0 radical (unpaired) electrons. The maximum atomic E-state index is 13.3. The van der Waals surface area contributed by atoms with E-state index in [1.807, 2.05) is 13.0 Å². The summed E-state index contributed by atoms with van der Waals surface area (Å²) in [5.41, 5.74) is 1.28. The number of hydrogen-bond donors (Lipinski definition) is 2. The first-order chi connectivity index (χ1) is 6.15. The first-order valence-corrected chi connectivity index (χ1v) is 4.75. The zero-order valence-corrected chi connectivity index (χ0v) is 8.86. The Morgan fingerprint density at radius 3 is 2.77 bits per heavy atom. The molecule has 0 saturated heterocycles. The number of nitrogens with one attached hydrogen (secondary N) is 1. The maximum Gasteiger partial charge on any atom is 0.147 e. The van der Waals surface area contributed by atoms with Gasteiger partial charge in [-0.3, -0.25) is 0 Å². The molecule has 1 aromatic rings. The van der Waals surface area contributed by atoms with Crippen LogP contribution in [0.25, 0.3) is 0 Å². The molecule has 2 N–H and O–H groups in total. The van der Waals surface area contributed by atoms with E-state index in [2.05, 4.69) is 21.2 Å². The van der Waals surface area contributed by atoms with Crippen molar-refractivity contribution in [3.63, 3.8) is 0 Å². The Bertz CT molecular complexity index is 281. The Balaban J connectivity index is 2.92. The summed E-state index contributed by atoms with van der Waals surface area (Å²) < 4.78 is 14.0. The van der Waals surface area contributed by atoms with Gasteiger partial charge in [0.2, 0.25) is 0 Å². The monoisotopic (exact) mass is 247 g/mol. The molecular weight excluding hydrogens is 237 g/mol.